The van der Waals surface area contributed by atoms with E-state index in [2.05, 4.69) is 45.0 Å². The van der Waals surface area contributed by atoms with Crippen molar-refractivity contribution in [2.45, 2.75) is 45.3 Å². The van der Waals surface area contributed by atoms with Crippen molar-refractivity contribution in [3.8, 4) is 0 Å². The molecule has 2 aromatic rings. The van der Waals surface area contributed by atoms with E-state index in [0.29, 0.717) is 0 Å². The van der Waals surface area contributed by atoms with Crippen LogP contribution in [0.3, 0.4) is 0 Å². The van der Waals surface area contributed by atoms with E-state index in [9.17, 15) is 9.90 Å². The average molecular weight is 397 g/mol. The van der Waals surface area contributed by atoms with Gasteiger partial charge in [0.15, 0.2) is 5.60 Å². The molecule has 28 heavy (non-hydrogen) atoms. The van der Waals surface area contributed by atoms with Gasteiger partial charge in [-0.1, -0.05) is 81.4 Å². The largest absolute Gasteiger partial charge is 0.507 e. The Morgan fingerprint density at radius 3 is 1.82 bits per heavy atom. The summed E-state index contributed by atoms with van der Waals surface area (Å²) in [4.78, 5) is 12.0. The molecule has 1 unspecified atom stereocenters. The number of aliphatic hydroxyl groups excluding tert-OH is 1. The highest BCUT2D eigenvalue weighted by molar-refractivity contribution is 6.99. The van der Waals surface area contributed by atoms with Gasteiger partial charge < -0.3 is 14.3 Å². The molecule has 4 nitrogen and oxygen atoms in total. The Morgan fingerprint density at radius 2 is 1.46 bits per heavy atom. The van der Waals surface area contributed by atoms with Gasteiger partial charge in [-0.2, -0.15) is 0 Å². The summed E-state index contributed by atoms with van der Waals surface area (Å²) in [6.45, 7) is 9.92. The van der Waals surface area contributed by atoms with E-state index in [1.807, 2.05) is 36.4 Å². The van der Waals surface area contributed by atoms with Crippen LogP contribution in [0.5, 0.6) is 0 Å². The lowest BCUT2D eigenvalue weighted by molar-refractivity contribution is -0.149. The van der Waals surface area contributed by atoms with Crippen LogP contribution in [0.2, 0.25) is 5.04 Å². The Hall–Kier alpha value is -2.37. The molecule has 0 bridgehead atoms. The lowest BCUT2D eigenvalue weighted by Crippen LogP contribution is -2.67. The van der Waals surface area contributed by atoms with Crippen molar-refractivity contribution in [1.29, 1.82) is 0 Å². The van der Waals surface area contributed by atoms with Gasteiger partial charge in [0.05, 0.1) is 12.2 Å². The number of aliphatic hydroxyl groups is 1. The Bertz CT molecular complexity index is 844. The monoisotopic (exact) mass is 396 g/mol. The molecule has 0 fully saturated rings. The summed E-state index contributed by atoms with van der Waals surface area (Å²) in [5.41, 5.74) is -0.928. The summed E-state index contributed by atoms with van der Waals surface area (Å²) < 4.78 is 12.3. The van der Waals surface area contributed by atoms with Crippen molar-refractivity contribution in [3.05, 3.63) is 72.0 Å². The topological polar surface area (TPSA) is 55.8 Å². The van der Waals surface area contributed by atoms with Gasteiger partial charge in [-0.3, -0.25) is 0 Å². The summed E-state index contributed by atoms with van der Waals surface area (Å²) in [5.74, 6) is -0.540. The molecule has 1 N–H and O–H groups in total. The summed E-state index contributed by atoms with van der Waals surface area (Å²) in [6.07, 6.45) is 0. The maximum absolute atomic E-state index is 12.0. The maximum Gasteiger partial charge on any atom is 0.338 e. The Kier molecular flexibility index (Phi) is 5.25. The minimum Gasteiger partial charge on any atom is -0.507 e. The second-order valence-electron chi connectivity index (χ2n) is 8.55. The third-order valence-corrected chi connectivity index (χ3v) is 10.4. The highest BCUT2D eigenvalue weighted by Crippen LogP contribution is 2.39. The van der Waals surface area contributed by atoms with Crippen LogP contribution in [0.4, 0.5) is 0 Å². The van der Waals surface area contributed by atoms with Crippen LogP contribution < -0.4 is 10.4 Å². The molecule has 1 heterocycles. The van der Waals surface area contributed by atoms with Crippen LogP contribution in [0.25, 0.3) is 0 Å². The number of carbonyl (C=O) groups excluding carboxylic acids is 1. The number of hydrogen-bond acceptors (Lipinski definition) is 4. The van der Waals surface area contributed by atoms with Gasteiger partial charge in [-0.25, -0.2) is 4.79 Å². The molecule has 1 atom stereocenters. The molecule has 0 saturated carbocycles. The molecule has 0 aromatic heterocycles. The van der Waals surface area contributed by atoms with Gasteiger partial charge in [-0.15, -0.1) is 0 Å². The van der Waals surface area contributed by atoms with Gasteiger partial charge in [0.1, 0.15) is 5.76 Å². The summed E-state index contributed by atoms with van der Waals surface area (Å²) in [6, 6.07) is 20.5. The fourth-order valence-electron chi connectivity index (χ4n) is 3.93. The first kappa shape index (κ1) is 20.4. The Morgan fingerprint density at radius 1 is 1.00 bits per heavy atom. The summed E-state index contributed by atoms with van der Waals surface area (Å²) in [5, 5.41) is 12.6. The van der Waals surface area contributed by atoms with Crippen molar-refractivity contribution in [2.24, 2.45) is 0 Å². The quantitative estimate of drug-likeness (QED) is 0.618. The first-order chi connectivity index (χ1) is 13.1. The fraction of sp³-hybridized carbons (Fsp3) is 0.348. The molecule has 148 valence electrons. The van der Waals surface area contributed by atoms with Crippen molar-refractivity contribution in [1.82, 2.24) is 0 Å². The molecular formula is C23H28O4Si. The van der Waals surface area contributed by atoms with Crippen LogP contribution in [-0.4, -0.2) is 31.6 Å². The minimum atomic E-state index is -2.76. The van der Waals surface area contributed by atoms with Crippen molar-refractivity contribution < 1.29 is 19.1 Å². The van der Waals surface area contributed by atoms with E-state index in [-0.39, 0.29) is 23.0 Å². The Balaban J connectivity index is 2.11. The fourth-order valence-corrected chi connectivity index (χ4v) is 8.58. The first-order valence-electron chi connectivity index (χ1n) is 9.50. The molecule has 1 aliphatic rings. The number of benzene rings is 2. The molecule has 0 amide bonds. The van der Waals surface area contributed by atoms with Gasteiger partial charge in [0, 0.05) is 0 Å². The van der Waals surface area contributed by atoms with Crippen LogP contribution in [0.1, 0.15) is 34.6 Å². The van der Waals surface area contributed by atoms with Crippen LogP contribution in [-0.2, 0) is 14.0 Å². The summed E-state index contributed by atoms with van der Waals surface area (Å²) in [7, 11) is -2.76. The number of cyclic esters (lactones) is 1. The van der Waals surface area contributed by atoms with Gasteiger partial charge in [0.25, 0.3) is 8.32 Å². The van der Waals surface area contributed by atoms with E-state index in [0.717, 1.165) is 10.4 Å². The van der Waals surface area contributed by atoms with Crippen LogP contribution >= 0.6 is 0 Å². The zero-order valence-electron chi connectivity index (χ0n) is 17.2. The number of rotatable bonds is 5. The van der Waals surface area contributed by atoms with Crippen LogP contribution in [0, 0.1) is 0 Å². The van der Waals surface area contributed by atoms with E-state index in [1.165, 1.54) is 0 Å². The average Bonchev–Trinajstić information content (AvgIpc) is 2.86. The molecule has 0 spiro atoms. The molecule has 0 saturated heterocycles. The highest BCUT2D eigenvalue weighted by atomic mass is 28.4. The van der Waals surface area contributed by atoms with E-state index in [1.54, 1.807) is 13.8 Å². The van der Waals surface area contributed by atoms with Crippen LogP contribution in [0.15, 0.2) is 72.0 Å². The zero-order valence-corrected chi connectivity index (χ0v) is 18.2. The predicted molar refractivity (Wildman–Crippen MR) is 113 cm³/mol. The molecule has 3 rings (SSSR count). The lowest BCUT2D eigenvalue weighted by atomic mass is 10.1. The number of esters is 1. The standard InChI is InChI=1S/C23H28O4Si/c1-17-20(24)23(5,27-21(17)25)16-26-28(22(2,3)4,18-12-8-6-9-13-18)19-14-10-7-11-15-19/h6-15,24H,16H2,1-5H3. The molecule has 0 aliphatic carbocycles. The van der Waals surface area contributed by atoms with Crippen molar-refractivity contribution in [2.75, 3.05) is 6.61 Å². The SMILES string of the molecule is CC1=C(O)C(C)(CO[Si](c2ccccc2)(c2ccccc2)C(C)(C)C)OC1=O. The highest BCUT2D eigenvalue weighted by Gasteiger charge is 2.53. The lowest BCUT2D eigenvalue weighted by Gasteiger charge is -2.44. The predicted octanol–water partition coefficient (Wildman–Crippen LogP) is 3.71. The van der Waals surface area contributed by atoms with Gasteiger partial charge >= 0.3 is 5.97 Å². The van der Waals surface area contributed by atoms with Crippen molar-refractivity contribution >= 4 is 24.7 Å². The third-order valence-electron chi connectivity index (χ3n) is 5.46. The normalized spacial score (nSPS) is 20.4. The first-order valence-corrected chi connectivity index (χ1v) is 11.4. The second kappa shape index (κ2) is 7.22. The second-order valence-corrected chi connectivity index (χ2v) is 12.9. The maximum atomic E-state index is 12.0. The molecular weight excluding hydrogens is 368 g/mol. The number of ether oxygens (including phenoxy) is 1. The van der Waals surface area contributed by atoms with E-state index in [4.69, 9.17) is 9.16 Å². The smallest absolute Gasteiger partial charge is 0.338 e. The van der Waals surface area contributed by atoms with Crippen molar-refractivity contribution in [3.63, 3.8) is 0 Å². The summed E-state index contributed by atoms with van der Waals surface area (Å²) >= 11 is 0. The number of carbonyl (C=O) groups is 1. The number of hydrogen-bond donors (Lipinski definition) is 1. The molecule has 2 aromatic carbocycles. The van der Waals surface area contributed by atoms with E-state index < -0.39 is 19.9 Å². The van der Waals surface area contributed by atoms with Gasteiger partial charge in [0.2, 0.25) is 0 Å². The minimum absolute atomic E-state index is 0.0459. The zero-order chi connectivity index (χ0) is 20.6. The molecule has 0 radical (unpaired) electrons. The van der Waals surface area contributed by atoms with E-state index >= 15 is 0 Å². The van der Waals surface area contributed by atoms with Gasteiger partial charge in [-0.05, 0) is 29.3 Å². The molecule has 5 heteroatoms. The molecule has 1 aliphatic heterocycles. The Labute approximate surface area is 167 Å². The third kappa shape index (κ3) is 3.29.